The molecule has 0 spiro atoms. The molecule has 3 aromatic heterocycles. The van der Waals surface area contributed by atoms with Crippen molar-refractivity contribution in [3.63, 3.8) is 0 Å². The normalized spacial score (nSPS) is 17.8. The predicted molar refractivity (Wildman–Crippen MR) is 124 cm³/mol. The molecule has 0 amide bonds. The number of nitriles is 1. The summed E-state index contributed by atoms with van der Waals surface area (Å²) in [6.45, 7) is 1.41. The molecule has 172 valence electrons. The molecule has 1 fully saturated rings. The van der Waals surface area contributed by atoms with Crippen LogP contribution in [0.3, 0.4) is 0 Å². The topological polar surface area (TPSA) is 154 Å². The van der Waals surface area contributed by atoms with Gasteiger partial charge in [0.05, 0.1) is 34.0 Å². The Labute approximate surface area is 195 Å². The monoisotopic (exact) mass is 476 g/mol. The molecule has 0 atom stereocenters. The van der Waals surface area contributed by atoms with Crippen molar-refractivity contribution in [2.24, 2.45) is 0 Å². The van der Waals surface area contributed by atoms with Crippen LogP contribution in [0.2, 0.25) is 0 Å². The van der Waals surface area contributed by atoms with Gasteiger partial charge >= 0.3 is 0 Å². The van der Waals surface area contributed by atoms with Crippen molar-refractivity contribution >= 4 is 32.5 Å². The second-order valence-corrected chi connectivity index (χ2v) is 9.86. The number of hydrogen-bond acceptors (Lipinski definition) is 8. The lowest BCUT2D eigenvalue weighted by molar-refractivity contribution is 0.0988. The molecule has 0 bridgehead atoms. The third-order valence-electron chi connectivity index (χ3n) is 5.75. The lowest BCUT2D eigenvalue weighted by Gasteiger charge is -2.37. The Balaban J connectivity index is 1.33. The van der Waals surface area contributed by atoms with Gasteiger partial charge in [0, 0.05) is 36.8 Å². The Morgan fingerprint density at radius 3 is 2.76 bits per heavy atom. The number of sulfonamides is 1. The van der Waals surface area contributed by atoms with Crippen molar-refractivity contribution in [1.29, 1.82) is 5.26 Å². The number of hydrogen-bond donors (Lipinski definition) is 3. The minimum absolute atomic E-state index is 0.000340. The number of oxazole rings is 1. The Kier molecular flexibility index (Phi) is 5.39. The first-order valence-electron chi connectivity index (χ1n) is 10.6. The molecule has 0 aliphatic heterocycles. The standard InChI is InChI=1S/C23H20N6O4S/c1-13(30)20-12-27-23(33-20)19-11-26-22-18(5-6-25-22)21(19)28-15-8-16(9-15)29-34(31,32)17-4-2-3-14(7-17)10-24/h2-7,11-12,15-16,29H,8-9H2,1H3,(H2,25,26,28)/t15-,16-. The molecule has 3 N–H and O–H groups in total. The van der Waals surface area contributed by atoms with Crippen molar-refractivity contribution in [3.8, 4) is 17.5 Å². The van der Waals surface area contributed by atoms with E-state index in [1.165, 1.54) is 25.3 Å². The van der Waals surface area contributed by atoms with Crippen LogP contribution in [0.5, 0.6) is 0 Å². The number of anilines is 1. The lowest BCUT2D eigenvalue weighted by Crippen LogP contribution is -2.49. The number of aromatic nitrogens is 3. The molecule has 0 unspecified atom stereocenters. The van der Waals surface area contributed by atoms with Gasteiger partial charge in [-0.25, -0.2) is 23.1 Å². The number of rotatable bonds is 7. The molecule has 0 radical (unpaired) electrons. The predicted octanol–water partition coefficient (Wildman–Crippen LogP) is 3.21. The third-order valence-corrected chi connectivity index (χ3v) is 7.27. The van der Waals surface area contributed by atoms with Crippen LogP contribution >= 0.6 is 0 Å². The molecule has 1 aliphatic carbocycles. The number of H-pyrrole nitrogens is 1. The van der Waals surface area contributed by atoms with Crippen LogP contribution in [0, 0.1) is 11.3 Å². The number of Topliss-reactive ketones (excluding diaryl/α,β-unsaturated/α-hetero) is 1. The molecule has 10 nitrogen and oxygen atoms in total. The van der Waals surface area contributed by atoms with Crippen LogP contribution in [0.1, 0.15) is 35.9 Å². The zero-order valence-corrected chi connectivity index (χ0v) is 18.9. The van der Waals surface area contributed by atoms with Crippen molar-refractivity contribution < 1.29 is 17.6 Å². The summed E-state index contributed by atoms with van der Waals surface area (Å²) < 4.78 is 33.7. The van der Waals surface area contributed by atoms with Gasteiger partial charge in [-0.15, -0.1) is 0 Å². The maximum Gasteiger partial charge on any atom is 0.240 e. The highest BCUT2D eigenvalue weighted by Gasteiger charge is 2.34. The van der Waals surface area contributed by atoms with E-state index >= 15 is 0 Å². The molecule has 3 heterocycles. The maximum absolute atomic E-state index is 12.7. The number of ketones is 1. The van der Waals surface area contributed by atoms with Crippen molar-refractivity contribution in [3.05, 3.63) is 60.2 Å². The first-order valence-corrected chi connectivity index (χ1v) is 12.0. The minimum atomic E-state index is -3.73. The Hall–Kier alpha value is -4.01. The number of benzene rings is 1. The third kappa shape index (κ3) is 4.05. The number of nitrogens with zero attached hydrogens (tertiary/aromatic N) is 3. The molecule has 1 aromatic carbocycles. The van der Waals surface area contributed by atoms with Gasteiger partial charge in [0.25, 0.3) is 0 Å². The summed E-state index contributed by atoms with van der Waals surface area (Å²) in [5.41, 5.74) is 2.32. The van der Waals surface area contributed by atoms with Gasteiger partial charge in [-0.1, -0.05) is 6.07 Å². The summed E-state index contributed by atoms with van der Waals surface area (Å²) in [6, 6.07) is 9.52. The first-order chi connectivity index (χ1) is 16.3. The number of aromatic amines is 1. The van der Waals surface area contributed by atoms with E-state index in [2.05, 4.69) is 25.0 Å². The van der Waals surface area contributed by atoms with Crippen LogP contribution in [0.15, 0.2) is 58.2 Å². The summed E-state index contributed by atoms with van der Waals surface area (Å²) in [5.74, 6) is 0.212. The second kappa shape index (κ2) is 8.40. The molecule has 34 heavy (non-hydrogen) atoms. The smallest absolute Gasteiger partial charge is 0.240 e. The van der Waals surface area contributed by atoms with Crippen molar-refractivity contribution in [1.82, 2.24) is 19.7 Å². The summed E-state index contributed by atoms with van der Waals surface area (Å²) in [5, 5.41) is 13.3. The van der Waals surface area contributed by atoms with Gasteiger partial charge in [-0.2, -0.15) is 5.26 Å². The fraction of sp³-hybridized carbons (Fsp3) is 0.217. The van der Waals surface area contributed by atoms with Gasteiger partial charge in [0.15, 0.2) is 11.5 Å². The van der Waals surface area contributed by atoms with Crippen LogP contribution in [-0.2, 0) is 10.0 Å². The average molecular weight is 477 g/mol. The largest absolute Gasteiger partial charge is 0.433 e. The summed E-state index contributed by atoms with van der Waals surface area (Å²) in [4.78, 5) is 23.4. The average Bonchev–Trinajstić information content (AvgIpc) is 3.47. The highest BCUT2D eigenvalue weighted by atomic mass is 32.2. The zero-order valence-electron chi connectivity index (χ0n) is 18.1. The van der Waals surface area contributed by atoms with E-state index in [0.29, 0.717) is 24.1 Å². The van der Waals surface area contributed by atoms with E-state index in [1.54, 1.807) is 24.5 Å². The second-order valence-electron chi connectivity index (χ2n) is 8.14. The van der Waals surface area contributed by atoms with Gasteiger partial charge in [0.1, 0.15) is 5.65 Å². The van der Waals surface area contributed by atoms with E-state index < -0.39 is 10.0 Å². The number of fused-ring (bicyclic) bond motifs is 1. The fourth-order valence-corrected chi connectivity index (χ4v) is 5.25. The molecular formula is C23H20N6O4S. The van der Waals surface area contributed by atoms with E-state index in [4.69, 9.17) is 9.68 Å². The Bertz CT molecular complexity index is 1540. The molecule has 1 saturated carbocycles. The molecule has 5 rings (SSSR count). The van der Waals surface area contributed by atoms with Gasteiger partial charge in [0.2, 0.25) is 15.9 Å². The minimum Gasteiger partial charge on any atom is -0.433 e. The molecule has 1 aliphatic rings. The number of carbonyl (C=O) groups is 1. The lowest BCUT2D eigenvalue weighted by atomic mass is 9.87. The first kappa shape index (κ1) is 21.8. The molecular weight excluding hydrogens is 456 g/mol. The SMILES string of the molecule is CC(=O)c1cnc(-c2cnc3[nH]ccc3c2N[C@H]2C[C@H](NS(=O)(=O)c3cccc(C#N)c3)C2)o1. The fourth-order valence-electron chi connectivity index (χ4n) is 3.94. The number of carbonyl (C=O) groups excluding carboxylic acids is 1. The quantitative estimate of drug-likeness (QED) is 0.344. The van der Waals surface area contributed by atoms with Gasteiger partial charge in [-0.3, -0.25) is 4.79 Å². The molecule has 0 saturated heterocycles. The Morgan fingerprint density at radius 2 is 2.03 bits per heavy atom. The van der Waals surface area contributed by atoms with Crippen LogP contribution in [-0.4, -0.2) is 41.2 Å². The van der Waals surface area contributed by atoms with Gasteiger partial charge < -0.3 is 14.7 Å². The van der Waals surface area contributed by atoms with E-state index in [1.807, 2.05) is 12.1 Å². The molecule has 11 heteroatoms. The van der Waals surface area contributed by atoms with Crippen LogP contribution in [0.25, 0.3) is 22.5 Å². The van der Waals surface area contributed by atoms with E-state index in [0.717, 1.165) is 11.1 Å². The van der Waals surface area contributed by atoms with Crippen LogP contribution in [0.4, 0.5) is 5.69 Å². The van der Waals surface area contributed by atoms with E-state index in [9.17, 15) is 13.2 Å². The maximum atomic E-state index is 12.7. The number of nitrogens with one attached hydrogen (secondary N) is 3. The molecule has 4 aromatic rings. The van der Waals surface area contributed by atoms with Gasteiger partial charge in [-0.05, 0) is 37.1 Å². The van der Waals surface area contributed by atoms with Crippen LogP contribution < -0.4 is 10.0 Å². The Morgan fingerprint density at radius 1 is 1.21 bits per heavy atom. The summed E-state index contributed by atoms with van der Waals surface area (Å²) in [6.07, 6.45) is 5.91. The van der Waals surface area contributed by atoms with E-state index in [-0.39, 0.29) is 40.0 Å². The number of pyridine rings is 1. The van der Waals surface area contributed by atoms with Crippen molar-refractivity contribution in [2.45, 2.75) is 36.7 Å². The zero-order chi connectivity index (χ0) is 23.9. The highest BCUT2D eigenvalue weighted by Crippen LogP contribution is 2.36. The highest BCUT2D eigenvalue weighted by molar-refractivity contribution is 7.89. The van der Waals surface area contributed by atoms with Crippen molar-refractivity contribution in [2.75, 3.05) is 5.32 Å². The summed E-state index contributed by atoms with van der Waals surface area (Å²) >= 11 is 0. The summed E-state index contributed by atoms with van der Waals surface area (Å²) in [7, 11) is -3.73.